The zero-order chi connectivity index (χ0) is 24.0. The van der Waals surface area contributed by atoms with Crippen molar-refractivity contribution in [2.45, 2.75) is 22.4 Å². The summed E-state index contributed by atoms with van der Waals surface area (Å²) in [7, 11) is 0. The van der Waals surface area contributed by atoms with E-state index in [1.165, 1.54) is 48.5 Å². The number of phenolic OH excluding ortho intramolecular Hbond substituents is 2. The van der Waals surface area contributed by atoms with Crippen LogP contribution < -0.4 is 0 Å². The summed E-state index contributed by atoms with van der Waals surface area (Å²) in [5.74, 6) is -0.741. The van der Waals surface area contributed by atoms with Crippen LogP contribution in [0, 0.1) is 0 Å². The molecule has 2 aromatic carbocycles. The molecule has 0 fully saturated rings. The van der Waals surface area contributed by atoms with Crippen LogP contribution in [0.4, 0.5) is 26.3 Å². The molecule has 0 unspecified atom stereocenters. The molecule has 2 N–H and O–H groups in total. The van der Waals surface area contributed by atoms with Gasteiger partial charge in [0.15, 0.2) is 0 Å². The minimum atomic E-state index is -4.94. The molecule has 0 saturated carbocycles. The van der Waals surface area contributed by atoms with Gasteiger partial charge in [0.2, 0.25) is 0 Å². The Bertz CT molecular complexity index is 1220. The molecular weight excluding hydrogens is 669 g/mol. The predicted molar refractivity (Wildman–Crippen MR) is 105 cm³/mol. The van der Waals surface area contributed by atoms with Gasteiger partial charge in [-0.15, -0.1) is 0 Å². The minimum Gasteiger partial charge on any atom is -0.506 e. The zero-order valence-electron chi connectivity index (χ0n) is 16.4. The molecular formula is C20H12F6N4O2PtS. The SMILES string of the molecule is Oc1ccccc1-n1cc(C(F)(F)F)c(Sc2nn(-c3ccccc3O)cc2C(F)(F)F)n1.[Pt]. The summed E-state index contributed by atoms with van der Waals surface area (Å²) in [5, 5.41) is 25.8. The summed E-state index contributed by atoms with van der Waals surface area (Å²) in [4.78, 5) is 0. The average molecular weight is 681 g/mol. The van der Waals surface area contributed by atoms with Gasteiger partial charge in [-0.25, -0.2) is 9.36 Å². The number of rotatable bonds is 4. The third kappa shape index (κ3) is 5.10. The molecule has 0 radical (unpaired) electrons. The van der Waals surface area contributed by atoms with Crippen LogP contribution in [0.5, 0.6) is 11.5 Å². The van der Waals surface area contributed by atoms with Gasteiger partial charge in [-0.05, 0) is 36.0 Å². The van der Waals surface area contributed by atoms with Gasteiger partial charge in [-0.3, -0.25) is 0 Å². The predicted octanol–water partition coefficient (Wildman–Crippen LogP) is 5.66. The first-order valence-electron chi connectivity index (χ1n) is 9.03. The van der Waals surface area contributed by atoms with E-state index >= 15 is 0 Å². The third-order valence-electron chi connectivity index (χ3n) is 4.42. The summed E-state index contributed by atoms with van der Waals surface area (Å²) < 4.78 is 83.2. The fourth-order valence-electron chi connectivity index (χ4n) is 2.91. The Morgan fingerprint density at radius 2 is 1.00 bits per heavy atom. The number of nitrogens with zero attached hydrogens (tertiary/aromatic N) is 4. The Balaban J connectivity index is 0.00000324. The summed E-state index contributed by atoms with van der Waals surface area (Å²) in [6.07, 6.45) is -8.73. The largest absolute Gasteiger partial charge is 0.506 e. The molecule has 0 saturated heterocycles. The van der Waals surface area contributed by atoms with Gasteiger partial charge in [0.05, 0.1) is 0 Å². The van der Waals surface area contributed by atoms with E-state index in [4.69, 9.17) is 0 Å². The van der Waals surface area contributed by atoms with Gasteiger partial charge in [-0.1, -0.05) is 24.3 Å². The number of benzene rings is 2. The molecule has 0 aliphatic heterocycles. The molecule has 0 amide bonds. The van der Waals surface area contributed by atoms with Crippen LogP contribution in [-0.2, 0) is 33.4 Å². The second-order valence-corrected chi connectivity index (χ2v) is 7.64. The van der Waals surface area contributed by atoms with E-state index in [9.17, 15) is 36.6 Å². The molecule has 34 heavy (non-hydrogen) atoms. The first-order valence-corrected chi connectivity index (χ1v) is 9.85. The van der Waals surface area contributed by atoms with Crippen molar-refractivity contribution in [1.29, 1.82) is 0 Å². The maximum atomic E-state index is 13.6. The van der Waals surface area contributed by atoms with Crippen molar-refractivity contribution >= 4 is 11.8 Å². The van der Waals surface area contributed by atoms with Crippen molar-refractivity contribution in [3.8, 4) is 22.9 Å². The maximum absolute atomic E-state index is 13.6. The molecule has 2 aromatic heterocycles. The Morgan fingerprint density at radius 3 is 1.32 bits per heavy atom. The smallest absolute Gasteiger partial charge is 0.420 e. The minimum absolute atomic E-state index is 0. The fraction of sp³-hybridized carbons (Fsp3) is 0.100. The molecule has 0 spiro atoms. The Hall–Kier alpha value is -2.92. The van der Waals surface area contributed by atoms with E-state index in [-0.39, 0.29) is 55.7 Å². The van der Waals surface area contributed by atoms with E-state index in [1.54, 1.807) is 0 Å². The van der Waals surface area contributed by atoms with Crippen molar-refractivity contribution in [3.63, 3.8) is 0 Å². The van der Waals surface area contributed by atoms with E-state index in [0.717, 1.165) is 9.36 Å². The summed E-state index contributed by atoms with van der Waals surface area (Å²) in [6.45, 7) is 0. The zero-order valence-corrected chi connectivity index (χ0v) is 19.5. The van der Waals surface area contributed by atoms with Crippen LogP contribution in [0.1, 0.15) is 11.1 Å². The average Bonchev–Trinajstić information content (AvgIpc) is 3.33. The molecule has 0 atom stereocenters. The van der Waals surface area contributed by atoms with Crippen molar-refractivity contribution in [2.24, 2.45) is 0 Å². The van der Waals surface area contributed by atoms with Crippen molar-refractivity contribution < 1.29 is 57.6 Å². The molecule has 4 rings (SSSR count). The topological polar surface area (TPSA) is 76.1 Å². The number of hydrogen-bond donors (Lipinski definition) is 2. The van der Waals surface area contributed by atoms with Crippen LogP contribution >= 0.6 is 11.8 Å². The number of para-hydroxylation sites is 4. The maximum Gasteiger partial charge on any atom is 0.420 e. The van der Waals surface area contributed by atoms with E-state index in [0.29, 0.717) is 12.4 Å². The van der Waals surface area contributed by atoms with Gasteiger partial charge in [0.25, 0.3) is 0 Å². The van der Waals surface area contributed by atoms with E-state index in [2.05, 4.69) is 10.2 Å². The van der Waals surface area contributed by atoms with Crippen molar-refractivity contribution in [1.82, 2.24) is 19.6 Å². The third-order valence-corrected chi connectivity index (χ3v) is 5.41. The standard InChI is InChI=1S/C20H12F6N4O2S.Pt/c21-19(22,23)11-9-29(13-5-1-3-7-15(13)31)27-17(11)33-18-12(20(24,25)26)10-30(28-18)14-6-2-4-8-16(14)32;/h1-10,31-32H;. The number of aromatic hydroxyl groups is 2. The Labute approximate surface area is 206 Å². The van der Waals surface area contributed by atoms with Gasteiger partial charge in [-0.2, -0.15) is 36.5 Å². The number of hydrogen-bond acceptors (Lipinski definition) is 5. The second kappa shape index (κ2) is 9.38. The quantitative estimate of drug-likeness (QED) is 0.273. The molecule has 0 aliphatic rings. The van der Waals surface area contributed by atoms with Gasteiger partial charge >= 0.3 is 12.4 Å². The fourth-order valence-corrected chi connectivity index (χ4v) is 3.91. The van der Waals surface area contributed by atoms with Crippen LogP contribution in [-0.4, -0.2) is 29.8 Å². The Morgan fingerprint density at radius 1 is 0.647 bits per heavy atom. The normalized spacial score (nSPS) is 11.9. The van der Waals surface area contributed by atoms with Crippen LogP contribution in [0.2, 0.25) is 0 Å². The molecule has 6 nitrogen and oxygen atoms in total. The van der Waals surface area contributed by atoms with Crippen LogP contribution in [0.25, 0.3) is 11.4 Å². The summed E-state index contributed by atoms with van der Waals surface area (Å²) >= 11 is 0.0701. The van der Waals surface area contributed by atoms with Crippen molar-refractivity contribution in [3.05, 3.63) is 72.1 Å². The molecule has 182 valence electrons. The van der Waals surface area contributed by atoms with Crippen LogP contribution in [0.3, 0.4) is 0 Å². The first kappa shape index (κ1) is 25.7. The van der Waals surface area contributed by atoms with Crippen LogP contribution in [0.15, 0.2) is 71.0 Å². The van der Waals surface area contributed by atoms with E-state index in [1.807, 2.05) is 0 Å². The second-order valence-electron chi connectivity index (χ2n) is 6.66. The van der Waals surface area contributed by atoms with Gasteiger partial charge < -0.3 is 10.2 Å². The monoisotopic (exact) mass is 681 g/mol. The van der Waals surface area contributed by atoms with Gasteiger partial charge in [0.1, 0.15) is 44.1 Å². The molecule has 14 heteroatoms. The van der Waals surface area contributed by atoms with Gasteiger partial charge in [0, 0.05) is 33.5 Å². The molecule has 0 bridgehead atoms. The van der Waals surface area contributed by atoms with Crippen molar-refractivity contribution in [2.75, 3.05) is 0 Å². The number of alkyl halides is 6. The number of halogens is 6. The molecule has 0 aliphatic carbocycles. The Kier molecular flexibility index (Phi) is 7.09. The molecule has 4 aromatic rings. The van der Waals surface area contributed by atoms with E-state index < -0.39 is 33.5 Å². The number of phenols is 2. The molecule has 2 heterocycles. The first-order chi connectivity index (χ1) is 15.4. The number of aromatic nitrogens is 4. The summed E-state index contributed by atoms with van der Waals surface area (Å²) in [5.41, 5.74) is -2.79. The summed E-state index contributed by atoms with van der Waals surface area (Å²) in [6, 6.07) is 10.8.